The van der Waals surface area contributed by atoms with E-state index in [1.54, 1.807) is 6.08 Å². The van der Waals surface area contributed by atoms with Crippen molar-refractivity contribution < 1.29 is 4.39 Å². The summed E-state index contributed by atoms with van der Waals surface area (Å²) < 4.78 is 12.6. The highest BCUT2D eigenvalue weighted by atomic mass is 35.5. The van der Waals surface area contributed by atoms with Crippen LogP contribution in [0.1, 0.15) is 27.7 Å². The summed E-state index contributed by atoms with van der Waals surface area (Å²) in [4.78, 5) is 0. The zero-order chi connectivity index (χ0) is 11.1. The summed E-state index contributed by atoms with van der Waals surface area (Å²) >= 11 is 5.88. The van der Waals surface area contributed by atoms with Crippen molar-refractivity contribution in [2.75, 3.05) is 0 Å². The van der Waals surface area contributed by atoms with Gasteiger partial charge in [-0.3, -0.25) is 0 Å². The van der Waals surface area contributed by atoms with Crippen LogP contribution in [0.25, 0.3) is 0 Å². The van der Waals surface area contributed by atoms with E-state index in [0.717, 1.165) is 5.57 Å². The van der Waals surface area contributed by atoms with Crippen molar-refractivity contribution in [1.82, 2.24) is 0 Å². The smallest absolute Gasteiger partial charge is 0.116 e. The Morgan fingerprint density at radius 2 is 1.86 bits per heavy atom. The highest BCUT2D eigenvalue weighted by molar-refractivity contribution is 6.31. The lowest BCUT2D eigenvalue weighted by Crippen LogP contribution is -1.92. The molecule has 80 valence electrons. The molecular formula is C12H18ClF. The highest BCUT2D eigenvalue weighted by Crippen LogP contribution is 2.16. The van der Waals surface area contributed by atoms with Gasteiger partial charge in [0.15, 0.2) is 0 Å². The number of rotatable bonds is 4. The third-order valence-electron chi connectivity index (χ3n) is 1.80. The van der Waals surface area contributed by atoms with Crippen molar-refractivity contribution in [1.29, 1.82) is 0 Å². The van der Waals surface area contributed by atoms with Gasteiger partial charge in [0, 0.05) is 5.03 Å². The van der Waals surface area contributed by atoms with E-state index >= 15 is 0 Å². The maximum Gasteiger partial charge on any atom is 0.116 e. The van der Waals surface area contributed by atoms with Crippen LogP contribution in [0.5, 0.6) is 0 Å². The third kappa shape index (κ3) is 5.98. The van der Waals surface area contributed by atoms with Gasteiger partial charge < -0.3 is 0 Å². The summed E-state index contributed by atoms with van der Waals surface area (Å²) in [6.07, 6.45) is 6.09. The van der Waals surface area contributed by atoms with Crippen LogP contribution in [0.4, 0.5) is 4.39 Å². The molecule has 1 atom stereocenters. The topological polar surface area (TPSA) is 0 Å². The molecule has 0 N–H and O–H groups in total. The second kappa shape index (κ2) is 6.83. The molecule has 0 aromatic rings. The molecule has 0 saturated carbocycles. The fourth-order valence-corrected chi connectivity index (χ4v) is 1.02. The molecule has 0 saturated heterocycles. The van der Waals surface area contributed by atoms with E-state index in [2.05, 4.69) is 13.8 Å². The van der Waals surface area contributed by atoms with Gasteiger partial charge in [0.05, 0.1) is 0 Å². The molecule has 0 aliphatic rings. The summed E-state index contributed by atoms with van der Waals surface area (Å²) in [5, 5.41) is 0.685. The maximum absolute atomic E-state index is 12.6. The fraction of sp³-hybridized carbons (Fsp3) is 0.500. The molecular weight excluding hydrogens is 199 g/mol. The second-order valence-corrected chi connectivity index (χ2v) is 3.95. The Hall–Kier alpha value is -0.560. The Bertz CT molecular complexity index is 247. The standard InChI is InChI=1S/C12H18ClF/c1-5-12(13)8-11(9(2)3)7-6-10(4)14/h5-10H,1-4H3/b7-6+,11-8+,12-5-. The van der Waals surface area contributed by atoms with Crippen LogP contribution in [0.3, 0.4) is 0 Å². The number of alkyl halides is 1. The van der Waals surface area contributed by atoms with E-state index in [4.69, 9.17) is 11.6 Å². The molecule has 0 radical (unpaired) electrons. The lowest BCUT2D eigenvalue weighted by atomic mass is 10.0. The summed E-state index contributed by atoms with van der Waals surface area (Å²) in [5.41, 5.74) is 1.04. The van der Waals surface area contributed by atoms with Crippen LogP contribution in [0.15, 0.2) is 34.9 Å². The second-order valence-electron chi connectivity index (χ2n) is 3.51. The fourth-order valence-electron chi connectivity index (χ4n) is 0.893. The van der Waals surface area contributed by atoms with Gasteiger partial charge in [0.2, 0.25) is 0 Å². The molecule has 1 unspecified atom stereocenters. The molecule has 0 rings (SSSR count). The Morgan fingerprint density at radius 1 is 1.29 bits per heavy atom. The van der Waals surface area contributed by atoms with Crippen molar-refractivity contribution in [2.24, 2.45) is 5.92 Å². The number of hydrogen-bond donors (Lipinski definition) is 0. The molecule has 0 aliphatic heterocycles. The minimum Gasteiger partial charge on any atom is -0.243 e. The summed E-state index contributed by atoms with van der Waals surface area (Å²) in [6, 6.07) is 0. The molecule has 0 amide bonds. The first-order chi connectivity index (χ1) is 6.47. The van der Waals surface area contributed by atoms with Crippen LogP contribution >= 0.6 is 11.6 Å². The first kappa shape index (κ1) is 13.4. The summed E-state index contributed by atoms with van der Waals surface area (Å²) in [7, 11) is 0. The predicted molar refractivity (Wildman–Crippen MR) is 62.2 cm³/mol. The lowest BCUT2D eigenvalue weighted by Gasteiger charge is -2.06. The van der Waals surface area contributed by atoms with Crippen LogP contribution in [0.2, 0.25) is 0 Å². The molecule has 2 heteroatoms. The monoisotopic (exact) mass is 216 g/mol. The van der Waals surface area contributed by atoms with E-state index in [-0.39, 0.29) is 0 Å². The van der Waals surface area contributed by atoms with Gasteiger partial charge in [0.25, 0.3) is 0 Å². The molecule has 0 heterocycles. The summed E-state index contributed by atoms with van der Waals surface area (Å²) in [5.74, 6) is 0.346. The normalized spacial score (nSPS) is 16.8. The molecule has 0 spiro atoms. The average molecular weight is 217 g/mol. The van der Waals surface area contributed by atoms with Crippen molar-refractivity contribution in [3.63, 3.8) is 0 Å². The van der Waals surface area contributed by atoms with Crippen LogP contribution in [-0.2, 0) is 0 Å². The van der Waals surface area contributed by atoms with E-state index < -0.39 is 6.17 Å². The maximum atomic E-state index is 12.6. The Morgan fingerprint density at radius 3 is 2.21 bits per heavy atom. The van der Waals surface area contributed by atoms with Gasteiger partial charge in [-0.15, -0.1) is 0 Å². The number of hydrogen-bond acceptors (Lipinski definition) is 0. The quantitative estimate of drug-likeness (QED) is 0.602. The Balaban J connectivity index is 4.70. The van der Waals surface area contributed by atoms with Gasteiger partial charge in [0.1, 0.15) is 6.17 Å². The molecule has 14 heavy (non-hydrogen) atoms. The number of allylic oxidation sites excluding steroid dienone is 6. The Kier molecular flexibility index (Phi) is 6.56. The van der Waals surface area contributed by atoms with E-state index in [0.29, 0.717) is 11.0 Å². The molecule has 0 fully saturated rings. The Labute approximate surface area is 91.2 Å². The van der Waals surface area contributed by atoms with Crippen molar-refractivity contribution in [3.05, 3.63) is 34.9 Å². The third-order valence-corrected chi connectivity index (χ3v) is 2.13. The van der Waals surface area contributed by atoms with Gasteiger partial charge in [-0.05, 0) is 31.4 Å². The van der Waals surface area contributed by atoms with Crippen molar-refractivity contribution >= 4 is 11.6 Å². The molecule has 0 nitrogen and oxygen atoms in total. The van der Waals surface area contributed by atoms with Crippen molar-refractivity contribution in [3.8, 4) is 0 Å². The predicted octanol–water partition coefficient (Wildman–Crippen LogP) is 4.63. The van der Waals surface area contributed by atoms with Gasteiger partial charge in [-0.1, -0.05) is 43.7 Å². The molecule has 0 bridgehead atoms. The van der Waals surface area contributed by atoms with Gasteiger partial charge >= 0.3 is 0 Å². The minimum atomic E-state index is -0.915. The SMILES string of the molecule is C/C=C(Cl)/C=C(\C=C\C(C)F)C(C)C. The van der Waals surface area contributed by atoms with Crippen LogP contribution < -0.4 is 0 Å². The van der Waals surface area contributed by atoms with Gasteiger partial charge in [-0.2, -0.15) is 0 Å². The summed E-state index contributed by atoms with van der Waals surface area (Å²) in [6.45, 7) is 7.49. The zero-order valence-corrected chi connectivity index (χ0v) is 9.98. The van der Waals surface area contributed by atoms with Crippen LogP contribution in [0, 0.1) is 5.92 Å². The zero-order valence-electron chi connectivity index (χ0n) is 9.22. The molecule has 0 aliphatic carbocycles. The number of halogens is 2. The highest BCUT2D eigenvalue weighted by Gasteiger charge is 2.00. The van der Waals surface area contributed by atoms with E-state index in [1.165, 1.54) is 13.0 Å². The lowest BCUT2D eigenvalue weighted by molar-refractivity contribution is 0.430. The minimum absolute atomic E-state index is 0.346. The average Bonchev–Trinajstić information content (AvgIpc) is 2.10. The van der Waals surface area contributed by atoms with Crippen LogP contribution in [-0.4, -0.2) is 6.17 Å². The first-order valence-corrected chi connectivity index (χ1v) is 5.20. The largest absolute Gasteiger partial charge is 0.243 e. The first-order valence-electron chi connectivity index (χ1n) is 4.83. The van der Waals surface area contributed by atoms with E-state index in [1.807, 2.05) is 19.1 Å². The van der Waals surface area contributed by atoms with Gasteiger partial charge in [-0.25, -0.2) is 4.39 Å². The molecule has 0 aromatic heterocycles. The van der Waals surface area contributed by atoms with Crippen molar-refractivity contribution in [2.45, 2.75) is 33.9 Å². The van der Waals surface area contributed by atoms with E-state index in [9.17, 15) is 4.39 Å². The molecule has 0 aromatic carbocycles.